The molecular weight excluding hydrogens is 188 g/mol. The molecule has 1 fully saturated rings. The van der Waals surface area contributed by atoms with Gasteiger partial charge in [0.1, 0.15) is 5.75 Å². The Labute approximate surface area is 90.8 Å². The molecule has 1 aromatic rings. The summed E-state index contributed by atoms with van der Waals surface area (Å²) < 4.78 is 5.78. The van der Waals surface area contributed by atoms with Crippen LogP contribution in [0.3, 0.4) is 0 Å². The van der Waals surface area contributed by atoms with Gasteiger partial charge in [-0.25, -0.2) is 0 Å². The van der Waals surface area contributed by atoms with Gasteiger partial charge in [-0.1, -0.05) is 0 Å². The zero-order valence-corrected chi connectivity index (χ0v) is 9.36. The average molecular weight is 206 g/mol. The van der Waals surface area contributed by atoms with Crippen LogP contribution in [-0.4, -0.2) is 20.2 Å². The summed E-state index contributed by atoms with van der Waals surface area (Å²) >= 11 is 0. The van der Waals surface area contributed by atoms with Crippen molar-refractivity contribution in [3.05, 3.63) is 23.8 Å². The van der Waals surface area contributed by atoms with Crippen molar-refractivity contribution in [3.8, 4) is 5.75 Å². The highest BCUT2D eigenvalue weighted by Gasteiger charge is 2.23. The van der Waals surface area contributed by atoms with Crippen molar-refractivity contribution in [1.29, 1.82) is 0 Å². The molecule has 0 radical (unpaired) electrons. The van der Waals surface area contributed by atoms with Crippen molar-refractivity contribution < 1.29 is 4.74 Å². The fourth-order valence-corrected chi connectivity index (χ4v) is 1.47. The lowest BCUT2D eigenvalue weighted by molar-refractivity contribution is 0.303. The van der Waals surface area contributed by atoms with Crippen LogP contribution in [0.15, 0.2) is 18.2 Å². The summed E-state index contributed by atoms with van der Waals surface area (Å²) in [5, 5.41) is 0. The Hall–Kier alpha value is -1.22. The summed E-state index contributed by atoms with van der Waals surface area (Å²) in [5.74, 6) is 0.948. The van der Waals surface area contributed by atoms with E-state index in [0.717, 1.165) is 17.0 Å². The highest BCUT2D eigenvalue weighted by atomic mass is 16.5. The molecule has 0 bridgehead atoms. The molecule has 1 saturated carbocycles. The maximum atomic E-state index is 5.78. The molecule has 0 aliphatic heterocycles. The summed E-state index contributed by atoms with van der Waals surface area (Å²) in [6.07, 6.45) is 2.81. The highest BCUT2D eigenvalue weighted by molar-refractivity contribution is 5.52. The normalized spacial score (nSPS) is 15.1. The van der Waals surface area contributed by atoms with E-state index >= 15 is 0 Å². The number of nitrogens with zero attached hydrogens (tertiary/aromatic N) is 1. The number of nitrogens with two attached hydrogens (primary N) is 1. The van der Waals surface area contributed by atoms with Crippen molar-refractivity contribution in [2.45, 2.75) is 25.5 Å². The van der Waals surface area contributed by atoms with Crippen molar-refractivity contribution in [1.82, 2.24) is 0 Å². The Kier molecular flexibility index (Phi) is 2.82. The molecule has 1 aromatic carbocycles. The van der Waals surface area contributed by atoms with E-state index in [4.69, 9.17) is 10.5 Å². The van der Waals surface area contributed by atoms with Gasteiger partial charge in [0.2, 0.25) is 0 Å². The third-order valence-electron chi connectivity index (χ3n) is 2.53. The van der Waals surface area contributed by atoms with Crippen LogP contribution in [0.5, 0.6) is 5.75 Å². The summed E-state index contributed by atoms with van der Waals surface area (Å²) in [6, 6.07) is 6.20. The van der Waals surface area contributed by atoms with Gasteiger partial charge >= 0.3 is 0 Å². The largest absolute Gasteiger partial charge is 0.490 e. The molecule has 15 heavy (non-hydrogen) atoms. The fraction of sp³-hybridized carbons (Fsp3) is 0.500. The van der Waals surface area contributed by atoms with E-state index in [1.54, 1.807) is 0 Å². The van der Waals surface area contributed by atoms with Gasteiger partial charge in [-0.05, 0) is 30.5 Å². The summed E-state index contributed by atoms with van der Waals surface area (Å²) in [5.41, 5.74) is 7.93. The van der Waals surface area contributed by atoms with E-state index in [2.05, 4.69) is 17.0 Å². The van der Waals surface area contributed by atoms with Crippen LogP contribution in [0.4, 0.5) is 5.69 Å². The molecular formula is C12H18N2O. The molecule has 0 saturated heterocycles. The molecule has 82 valence electrons. The molecule has 0 spiro atoms. The molecule has 1 aliphatic rings. The van der Waals surface area contributed by atoms with Gasteiger partial charge in [0.15, 0.2) is 0 Å². The molecule has 2 N–H and O–H groups in total. The number of benzene rings is 1. The first-order valence-corrected chi connectivity index (χ1v) is 5.37. The van der Waals surface area contributed by atoms with E-state index in [-0.39, 0.29) is 0 Å². The van der Waals surface area contributed by atoms with Gasteiger partial charge in [0.05, 0.1) is 6.10 Å². The second kappa shape index (κ2) is 4.11. The quantitative estimate of drug-likeness (QED) is 0.815. The van der Waals surface area contributed by atoms with E-state index in [1.807, 2.05) is 20.2 Å². The average Bonchev–Trinajstić information content (AvgIpc) is 3.01. The molecule has 1 aliphatic carbocycles. The molecule has 2 rings (SSSR count). The zero-order valence-electron chi connectivity index (χ0n) is 9.36. The van der Waals surface area contributed by atoms with Crippen molar-refractivity contribution in [2.75, 3.05) is 19.0 Å². The lowest BCUT2D eigenvalue weighted by atomic mass is 10.2. The highest BCUT2D eigenvalue weighted by Crippen LogP contribution is 2.30. The maximum Gasteiger partial charge on any atom is 0.122 e. The summed E-state index contributed by atoms with van der Waals surface area (Å²) in [4.78, 5) is 2.07. The number of hydrogen-bond donors (Lipinski definition) is 1. The van der Waals surface area contributed by atoms with Crippen LogP contribution >= 0.6 is 0 Å². The van der Waals surface area contributed by atoms with Crippen molar-refractivity contribution >= 4 is 5.69 Å². The van der Waals surface area contributed by atoms with Gasteiger partial charge in [-0.15, -0.1) is 0 Å². The van der Waals surface area contributed by atoms with E-state index < -0.39 is 0 Å². The smallest absolute Gasteiger partial charge is 0.122 e. The zero-order chi connectivity index (χ0) is 10.8. The van der Waals surface area contributed by atoms with E-state index in [9.17, 15) is 0 Å². The molecule has 3 heteroatoms. The lowest BCUT2D eigenvalue weighted by Gasteiger charge is -2.16. The minimum absolute atomic E-state index is 0.438. The number of anilines is 1. The molecule has 3 nitrogen and oxygen atoms in total. The SMILES string of the molecule is CN(C)c1cc(CN)cc(OC2CC2)c1. The van der Waals surface area contributed by atoms with Crippen molar-refractivity contribution in [2.24, 2.45) is 5.73 Å². The van der Waals surface area contributed by atoms with Crippen LogP contribution in [0.2, 0.25) is 0 Å². The Morgan fingerprint density at radius 3 is 2.60 bits per heavy atom. The van der Waals surface area contributed by atoms with Crippen LogP contribution in [0, 0.1) is 0 Å². The molecule has 0 heterocycles. The first kappa shape index (κ1) is 10.3. The first-order chi connectivity index (χ1) is 7.19. The van der Waals surface area contributed by atoms with Gasteiger partial charge in [0, 0.05) is 32.4 Å². The maximum absolute atomic E-state index is 5.78. The Morgan fingerprint density at radius 1 is 1.33 bits per heavy atom. The lowest BCUT2D eigenvalue weighted by Crippen LogP contribution is -2.10. The fourth-order valence-electron chi connectivity index (χ4n) is 1.47. The third kappa shape index (κ3) is 2.63. The van der Waals surface area contributed by atoms with Gasteiger partial charge in [-0.3, -0.25) is 0 Å². The minimum Gasteiger partial charge on any atom is -0.490 e. The Bertz CT molecular complexity index is 345. The van der Waals surface area contributed by atoms with Gasteiger partial charge < -0.3 is 15.4 Å². The molecule has 0 amide bonds. The van der Waals surface area contributed by atoms with Crippen LogP contribution < -0.4 is 15.4 Å². The van der Waals surface area contributed by atoms with Crippen LogP contribution in [0.25, 0.3) is 0 Å². The van der Waals surface area contributed by atoms with Crippen LogP contribution in [0.1, 0.15) is 18.4 Å². The second-order valence-electron chi connectivity index (χ2n) is 4.25. The van der Waals surface area contributed by atoms with Crippen LogP contribution in [-0.2, 0) is 6.54 Å². The van der Waals surface area contributed by atoms with Crippen molar-refractivity contribution in [3.63, 3.8) is 0 Å². The van der Waals surface area contributed by atoms with Gasteiger partial charge in [0.25, 0.3) is 0 Å². The Balaban J connectivity index is 2.23. The second-order valence-corrected chi connectivity index (χ2v) is 4.25. The topological polar surface area (TPSA) is 38.5 Å². The number of ether oxygens (including phenoxy) is 1. The minimum atomic E-state index is 0.438. The standard InChI is InChI=1S/C12H18N2O/c1-14(2)10-5-9(8-13)6-12(7-10)15-11-3-4-11/h5-7,11H,3-4,8,13H2,1-2H3. The van der Waals surface area contributed by atoms with Gasteiger partial charge in [-0.2, -0.15) is 0 Å². The molecule has 0 atom stereocenters. The predicted molar refractivity (Wildman–Crippen MR) is 62.3 cm³/mol. The Morgan fingerprint density at radius 2 is 2.07 bits per heavy atom. The third-order valence-corrected chi connectivity index (χ3v) is 2.53. The molecule has 0 aromatic heterocycles. The monoisotopic (exact) mass is 206 g/mol. The predicted octanol–water partition coefficient (Wildman–Crippen LogP) is 1.75. The molecule has 0 unspecified atom stereocenters. The summed E-state index contributed by atoms with van der Waals surface area (Å²) in [7, 11) is 4.05. The van der Waals surface area contributed by atoms with E-state index in [1.165, 1.54) is 12.8 Å². The van der Waals surface area contributed by atoms with E-state index in [0.29, 0.717) is 12.6 Å². The number of rotatable bonds is 4. The summed E-state index contributed by atoms with van der Waals surface area (Å²) in [6.45, 7) is 0.558. The first-order valence-electron chi connectivity index (χ1n) is 5.37. The number of hydrogen-bond acceptors (Lipinski definition) is 3.